The fourth-order valence-corrected chi connectivity index (χ4v) is 2.78. The zero-order valence-corrected chi connectivity index (χ0v) is 16.1. The lowest BCUT2D eigenvalue weighted by atomic mass is 9.95. The van der Waals surface area contributed by atoms with Crippen molar-refractivity contribution in [1.82, 2.24) is 0 Å². The summed E-state index contributed by atoms with van der Waals surface area (Å²) in [6.45, 7) is 7.65. The number of rotatable bonds is 5. The molecule has 1 unspecified atom stereocenters. The molecule has 0 aliphatic carbocycles. The molecule has 0 saturated heterocycles. The molecule has 1 aliphatic rings. The highest BCUT2D eigenvalue weighted by molar-refractivity contribution is 6.30. The van der Waals surface area contributed by atoms with E-state index in [4.69, 9.17) is 9.47 Å². The van der Waals surface area contributed by atoms with Gasteiger partial charge in [-0.25, -0.2) is 0 Å². The number of anilines is 1. The Labute approximate surface area is 153 Å². The molecule has 1 amide bonds. The minimum Gasteiger partial charge on any atom is -0.497 e. The fraction of sp³-hybridized carbons (Fsp3) is 0.474. The maximum Gasteiger partial charge on any atom is 0.311 e. The second-order valence-electron chi connectivity index (χ2n) is 7.05. The van der Waals surface area contributed by atoms with Gasteiger partial charge < -0.3 is 9.47 Å². The van der Waals surface area contributed by atoms with Crippen LogP contribution in [0.1, 0.15) is 34.1 Å². The highest BCUT2D eigenvalue weighted by atomic mass is 16.5. The van der Waals surface area contributed by atoms with Gasteiger partial charge in [-0.05, 0) is 52.0 Å². The van der Waals surface area contributed by atoms with Crippen LogP contribution in [0, 0.1) is 5.92 Å². The Balaban J connectivity index is 2.41. The largest absolute Gasteiger partial charge is 0.497 e. The zero-order valence-electron chi connectivity index (χ0n) is 16.1. The van der Waals surface area contributed by atoms with Crippen LogP contribution in [0.2, 0.25) is 0 Å². The van der Waals surface area contributed by atoms with Crippen molar-refractivity contribution in [3.8, 4) is 5.75 Å². The second kappa shape index (κ2) is 7.68. The number of carbonyl (C=O) groups is 2. The van der Waals surface area contributed by atoms with E-state index in [1.165, 1.54) is 12.1 Å². The molecule has 0 N–H and O–H groups in total. The third kappa shape index (κ3) is 4.47. The van der Waals surface area contributed by atoms with Gasteiger partial charge in [0.2, 0.25) is 0 Å². The molecule has 0 fully saturated rings. The first-order chi connectivity index (χ1) is 12.2. The van der Waals surface area contributed by atoms with Crippen LogP contribution in [-0.4, -0.2) is 43.1 Å². The molecule has 0 aromatic heterocycles. The molecule has 7 nitrogen and oxygen atoms in total. The number of hydrogen-bond acceptors (Lipinski definition) is 6. The van der Waals surface area contributed by atoms with Crippen molar-refractivity contribution < 1.29 is 19.1 Å². The summed E-state index contributed by atoms with van der Waals surface area (Å²) in [5.41, 5.74) is 1.32. The maximum absolute atomic E-state index is 13.0. The van der Waals surface area contributed by atoms with Crippen molar-refractivity contribution in [1.29, 1.82) is 0 Å². The lowest BCUT2D eigenvalue weighted by molar-refractivity contribution is -0.139. The van der Waals surface area contributed by atoms with E-state index in [1.54, 1.807) is 38.3 Å². The first kappa shape index (κ1) is 19.6. The van der Waals surface area contributed by atoms with E-state index in [1.807, 2.05) is 20.8 Å². The van der Waals surface area contributed by atoms with Gasteiger partial charge in [0.1, 0.15) is 11.7 Å². The number of benzene rings is 1. The van der Waals surface area contributed by atoms with E-state index in [0.717, 1.165) is 0 Å². The number of hydrazone groups is 1. The molecule has 2 rings (SSSR count). The summed E-state index contributed by atoms with van der Waals surface area (Å²) < 4.78 is 9.88. The Hall–Kier alpha value is -2.70. The van der Waals surface area contributed by atoms with Crippen LogP contribution in [-0.2, 0) is 14.3 Å². The van der Waals surface area contributed by atoms with Crippen LogP contribution >= 0.6 is 0 Å². The Kier molecular flexibility index (Phi) is 5.79. The molecule has 7 heteroatoms. The number of aliphatic imine (C=N–C) groups is 1. The molecule has 1 aliphatic heterocycles. The minimum atomic E-state index is -0.671. The summed E-state index contributed by atoms with van der Waals surface area (Å²) in [4.78, 5) is 29.4. The lowest BCUT2D eigenvalue weighted by Gasteiger charge is -2.18. The first-order valence-electron chi connectivity index (χ1n) is 8.35. The number of hydrogen-bond donors (Lipinski definition) is 0. The van der Waals surface area contributed by atoms with E-state index in [9.17, 15) is 9.59 Å². The van der Waals surface area contributed by atoms with Gasteiger partial charge >= 0.3 is 5.97 Å². The molecule has 26 heavy (non-hydrogen) atoms. The number of carbonyl (C=O) groups excluding carboxylic acids is 2. The summed E-state index contributed by atoms with van der Waals surface area (Å²) in [5, 5.41) is 5.70. The topological polar surface area (TPSA) is 80.6 Å². The Bertz CT molecular complexity index is 745. The predicted octanol–water partition coefficient (Wildman–Crippen LogP) is 2.84. The van der Waals surface area contributed by atoms with Crippen LogP contribution in [0.3, 0.4) is 0 Å². The van der Waals surface area contributed by atoms with E-state index >= 15 is 0 Å². The summed E-state index contributed by atoms with van der Waals surface area (Å²) in [6.07, 6.45) is -0.0590. The molecule has 140 valence electrons. The van der Waals surface area contributed by atoms with Gasteiger partial charge in [0, 0.05) is 5.71 Å². The van der Waals surface area contributed by atoms with E-state index in [0.29, 0.717) is 22.9 Å². The van der Waals surface area contributed by atoms with Gasteiger partial charge in [-0.2, -0.15) is 10.1 Å². The van der Waals surface area contributed by atoms with Crippen LogP contribution in [0.4, 0.5) is 5.69 Å². The Morgan fingerprint density at radius 1 is 1.23 bits per heavy atom. The van der Waals surface area contributed by atoms with E-state index < -0.39 is 11.9 Å². The molecule has 1 aromatic rings. The van der Waals surface area contributed by atoms with Crippen LogP contribution in [0.5, 0.6) is 5.75 Å². The molecule has 0 radical (unpaired) electrons. The minimum absolute atomic E-state index is 0.0590. The van der Waals surface area contributed by atoms with Gasteiger partial charge in [0.15, 0.2) is 0 Å². The number of esters is 1. The normalized spacial score (nSPS) is 18.0. The number of ether oxygens (including phenoxy) is 2. The molecule has 0 saturated carbocycles. The number of methoxy groups -OCH3 is 2. The molecule has 0 spiro atoms. The average Bonchev–Trinajstić information content (AvgIpc) is 2.89. The number of amides is 1. The van der Waals surface area contributed by atoms with E-state index in [-0.39, 0.29) is 17.9 Å². The molecule has 1 aromatic carbocycles. The SMILES string of the molecule is COC(=O)CC1=NN(c2ccc(OC)cc2)C(=O)C1C(C)=NC(C)(C)C. The summed E-state index contributed by atoms with van der Waals surface area (Å²) >= 11 is 0. The molecular weight excluding hydrogens is 334 g/mol. The monoisotopic (exact) mass is 359 g/mol. The lowest BCUT2D eigenvalue weighted by Crippen LogP contribution is -2.34. The standard InChI is InChI=1S/C19H25N3O4/c1-12(20-19(2,3)4)17-15(11-16(23)26-6)21-22(18(17)24)13-7-9-14(25-5)10-8-13/h7-10,17H,11H2,1-6H3. The van der Waals surface area contributed by atoms with Crippen molar-refractivity contribution >= 4 is 29.0 Å². The summed E-state index contributed by atoms with van der Waals surface area (Å²) in [7, 11) is 2.89. The van der Waals surface area contributed by atoms with Crippen LogP contribution in [0.25, 0.3) is 0 Å². The van der Waals surface area contributed by atoms with Crippen molar-refractivity contribution in [3.63, 3.8) is 0 Å². The van der Waals surface area contributed by atoms with E-state index in [2.05, 4.69) is 10.1 Å². The van der Waals surface area contributed by atoms with Crippen molar-refractivity contribution in [3.05, 3.63) is 24.3 Å². The molecule has 1 atom stereocenters. The molecular formula is C19H25N3O4. The third-order valence-electron chi connectivity index (χ3n) is 3.82. The summed E-state index contributed by atoms with van der Waals surface area (Å²) in [5.74, 6) is -0.669. The third-order valence-corrected chi connectivity index (χ3v) is 3.82. The van der Waals surface area contributed by atoms with Crippen molar-refractivity contribution in [2.75, 3.05) is 19.2 Å². The first-order valence-corrected chi connectivity index (χ1v) is 8.35. The zero-order chi connectivity index (χ0) is 19.5. The van der Waals surface area contributed by atoms with Gasteiger partial charge in [-0.15, -0.1) is 0 Å². The highest BCUT2D eigenvalue weighted by Gasteiger charge is 2.40. The Morgan fingerprint density at radius 3 is 2.35 bits per heavy atom. The Morgan fingerprint density at radius 2 is 1.85 bits per heavy atom. The van der Waals surface area contributed by atoms with Gasteiger partial charge in [-0.1, -0.05) is 0 Å². The van der Waals surface area contributed by atoms with Crippen molar-refractivity contribution in [2.45, 2.75) is 39.7 Å². The van der Waals surface area contributed by atoms with Crippen LogP contribution < -0.4 is 9.75 Å². The summed E-state index contributed by atoms with van der Waals surface area (Å²) in [6, 6.07) is 6.99. The van der Waals surface area contributed by atoms with Gasteiger partial charge in [-0.3, -0.25) is 14.6 Å². The predicted molar refractivity (Wildman–Crippen MR) is 101 cm³/mol. The van der Waals surface area contributed by atoms with Gasteiger partial charge in [0.05, 0.1) is 37.6 Å². The second-order valence-corrected chi connectivity index (χ2v) is 7.05. The average molecular weight is 359 g/mol. The molecule has 0 bridgehead atoms. The van der Waals surface area contributed by atoms with Crippen LogP contribution in [0.15, 0.2) is 34.4 Å². The highest BCUT2D eigenvalue weighted by Crippen LogP contribution is 2.28. The quantitative estimate of drug-likeness (QED) is 0.598. The van der Waals surface area contributed by atoms with Crippen molar-refractivity contribution in [2.24, 2.45) is 16.0 Å². The molecule has 1 heterocycles. The maximum atomic E-state index is 13.0. The smallest absolute Gasteiger partial charge is 0.311 e. The van der Waals surface area contributed by atoms with Gasteiger partial charge in [0.25, 0.3) is 5.91 Å². The fourth-order valence-electron chi connectivity index (χ4n) is 2.78. The number of nitrogens with zero attached hydrogens (tertiary/aromatic N) is 3.